The summed E-state index contributed by atoms with van der Waals surface area (Å²) in [5.74, 6) is 1.06. The number of aromatic nitrogens is 4. The highest BCUT2D eigenvalue weighted by atomic mass is 35.5. The summed E-state index contributed by atoms with van der Waals surface area (Å²) in [6.45, 7) is -0.142. The minimum atomic E-state index is -4.63. The number of phosphoric acid groups is 1. The van der Waals surface area contributed by atoms with Crippen LogP contribution in [0.5, 0.6) is 5.88 Å². The van der Waals surface area contributed by atoms with Crippen molar-refractivity contribution in [2.45, 2.75) is 19.8 Å². The zero-order chi connectivity index (χ0) is 24.1. The first kappa shape index (κ1) is 23.8. The summed E-state index contributed by atoms with van der Waals surface area (Å²) in [4.78, 5) is 26.0. The number of nitrogen functional groups attached to an aromatic ring is 1. The van der Waals surface area contributed by atoms with E-state index in [1.807, 2.05) is 6.07 Å². The maximum absolute atomic E-state index is 11.0. The average Bonchev–Trinajstić information content (AvgIpc) is 3.26. The zero-order valence-corrected chi connectivity index (χ0v) is 19.3. The van der Waals surface area contributed by atoms with Gasteiger partial charge in [0.15, 0.2) is 5.76 Å². The molecule has 176 valence electrons. The molecule has 0 aliphatic heterocycles. The summed E-state index contributed by atoms with van der Waals surface area (Å²) in [6, 6.07) is 10.5. The Morgan fingerprint density at radius 2 is 2.06 bits per heavy atom. The number of nitrogens with two attached hydrogens (primary N) is 1. The lowest BCUT2D eigenvalue weighted by Gasteiger charge is -2.07. The number of nitrogens with zero attached hydrogens (tertiary/aromatic N) is 4. The van der Waals surface area contributed by atoms with E-state index in [9.17, 15) is 4.57 Å². The molecule has 0 aromatic carbocycles. The van der Waals surface area contributed by atoms with Gasteiger partial charge in [0.2, 0.25) is 12.6 Å². The number of halogens is 1. The molecule has 34 heavy (non-hydrogen) atoms. The van der Waals surface area contributed by atoms with E-state index in [0.29, 0.717) is 34.3 Å². The van der Waals surface area contributed by atoms with Crippen molar-refractivity contribution in [2.24, 2.45) is 0 Å². The molecule has 0 saturated carbocycles. The summed E-state index contributed by atoms with van der Waals surface area (Å²) < 4.78 is 27.9. The van der Waals surface area contributed by atoms with Crippen molar-refractivity contribution in [3.05, 3.63) is 83.0 Å². The number of rotatable bonds is 9. The fraction of sp³-hybridized carbons (Fsp3) is 0.143. The fourth-order valence-corrected chi connectivity index (χ4v) is 3.48. The molecule has 11 nitrogen and oxygen atoms in total. The number of phosphoric ester groups is 1. The Morgan fingerprint density at radius 3 is 2.79 bits per heavy atom. The molecule has 4 aromatic heterocycles. The number of anilines is 1. The van der Waals surface area contributed by atoms with Gasteiger partial charge in [-0.3, -0.25) is 10.7 Å². The van der Waals surface area contributed by atoms with Gasteiger partial charge in [-0.1, -0.05) is 22.8 Å². The summed E-state index contributed by atoms with van der Waals surface area (Å²) >= 11 is 6.08. The SMILES string of the molecule is Nc1c(-c2cc(Cc3ccc(OCc4ccncc4Cl)nc3)no2)ccc[n+]1COP(=O)(O)O. The van der Waals surface area contributed by atoms with E-state index >= 15 is 0 Å². The molecule has 4 N–H and O–H groups in total. The van der Waals surface area contributed by atoms with Gasteiger partial charge < -0.3 is 19.0 Å². The summed E-state index contributed by atoms with van der Waals surface area (Å²) in [5.41, 5.74) is 8.97. The van der Waals surface area contributed by atoms with E-state index in [2.05, 4.69) is 19.6 Å². The smallest absolute Gasteiger partial charge is 0.472 e. The van der Waals surface area contributed by atoms with Gasteiger partial charge in [-0.25, -0.2) is 18.6 Å². The molecule has 0 unspecified atom stereocenters. The predicted octanol–water partition coefficient (Wildman–Crippen LogP) is 2.89. The Bertz CT molecular complexity index is 1330. The van der Waals surface area contributed by atoms with Crippen molar-refractivity contribution in [3.8, 4) is 17.2 Å². The van der Waals surface area contributed by atoms with Crippen molar-refractivity contribution in [3.63, 3.8) is 0 Å². The van der Waals surface area contributed by atoms with Crippen LogP contribution < -0.4 is 15.0 Å². The Kier molecular flexibility index (Phi) is 7.20. The van der Waals surface area contributed by atoms with Gasteiger partial charge in [-0.15, -0.1) is 0 Å². The first-order valence-corrected chi connectivity index (χ1v) is 11.8. The summed E-state index contributed by atoms with van der Waals surface area (Å²) in [7, 11) is -4.63. The van der Waals surface area contributed by atoms with Crippen LogP contribution in [0.25, 0.3) is 11.3 Å². The van der Waals surface area contributed by atoms with Gasteiger partial charge in [-0.2, -0.15) is 0 Å². The van der Waals surface area contributed by atoms with E-state index in [1.165, 1.54) is 10.8 Å². The van der Waals surface area contributed by atoms with Crippen LogP contribution in [-0.4, -0.2) is 24.9 Å². The fourth-order valence-electron chi connectivity index (χ4n) is 3.03. The number of hydrogen-bond donors (Lipinski definition) is 3. The molecule has 0 bridgehead atoms. The predicted molar refractivity (Wildman–Crippen MR) is 120 cm³/mol. The lowest BCUT2D eigenvalue weighted by atomic mass is 10.1. The van der Waals surface area contributed by atoms with Crippen molar-refractivity contribution in [1.82, 2.24) is 15.1 Å². The van der Waals surface area contributed by atoms with Crippen LogP contribution in [0.4, 0.5) is 5.82 Å². The molecule has 0 spiro atoms. The Balaban J connectivity index is 1.40. The molecule has 0 amide bonds. The number of hydrogen-bond acceptors (Lipinski definition) is 8. The van der Waals surface area contributed by atoms with Crippen LogP contribution in [0.15, 0.2) is 65.7 Å². The normalized spacial score (nSPS) is 11.5. The highest BCUT2D eigenvalue weighted by molar-refractivity contribution is 7.46. The molecule has 4 aromatic rings. The minimum absolute atomic E-state index is 0.205. The molecule has 0 radical (unpaired) electrons. The van der Waals surface area contributed by atoms with E-state index < -0.39 is 14.6 Å². The maximum Gasteiger partial charge on any atom is 0.472 e. The van der Waals surface area contributed by atoms with E-state index in [1.54, 1.807) is 48.9 Å². The lowest BCUT2D eigenvalue weighted by molar-refractivity contribution is -0.711. The number of pyridine rings is 3. The molecular weight excluding hydrogens is 485 g/mol. The molecule has 0 aliphatic carbocycles. The molecule has 0 fully saturated rings. The molecular formula is C21H20ClN5O6P+. The second-order valence-electron chi connectivity index (χ2n) is 7.15. The van der Waals surface area contributed by atoms with Crippen molar-refractivity contribution in [2.75, 3.05) is 5.73 Å². The maximum atomic E-state index is 11.0. The average molecular weight is 505 g/mol. The largest absolute Gasteiger partial charge is 0.473 e. The van der Waals surface area contributed by atoms with Crippen LogP contribution in [0, 0.1) is 0 Å². The Morgan fingerprint density at radius 1 is 1.21 bits per heavy atom. The van der Waals surface area contributed by atoms with Crippen molar-refractivity contribution >= 4 is 25.2 Å². The molecule has 0 aliphatic rings. The minimum Gasteiger partial charge on any atom is -0.473 e. The topological polar surface area (TPSA) is 158 Å². The quantitative estimate of drug-likeness (QED) is 0.228. The van der Waals surface area contributed by atoms with Gasteiger partial charge in [0.1, 0.15) is 12.2 Å². The molecule has 0 atom stereocenters. The summed E-state index contributed by atoms with van der Waals surface area (Å²) in [5, 5.41) is 4.60. The monoisotopic (exact) mass is 504 g/mol. The molecule has 13 heteroatoms. The van der Waals surface area contributed by atoms with Gasteiger partial charge >= 0.3 is 7.82 Å². The second kappa shape index (κ2) is 10.3. The van der Waals surface area contributed by atoms with Gasteiger partial charge in [0, 0.05) is 42.7 Å². The van der Waals surface area contributed by atoms with Crippen LogP contribution in [0.3, 0.4) is 0 Å². The first-order chi connectivity index (χ1) is 16.3. The standard InChI is InChI=1S/C21H19ClN5O6P/c22-18-11-24-6-5-15(18)12-31-20-4-3-14(10-25-20)8-16-9-19(33-26-16)17-2-1-7-27(21(17)23)13-32-34(28,29)30/h1-7,9-11,23H,8,12-13H2,(H2,28,29,30)/p+1. The highest BCUT2D eigenvalue weighted by Crippen LogP contribution is 2.35. The van der Waals surface area contributed by atoms with Gasteiger partial charge in [0.25, 0.3) is 5.82 Å². The Hall–Kier alpha value is -3.34. The van der Waals surface area contributed by atoms with Gasteiger partial charge in [0.05, 0.1) is 16.9 Å². The third-order valence-electron chi connectivity index (χ3n) is 4.72. The van der Waals surface area contributed by atoms with E-state index in [-0.39, 0.29) is 12.4 Å². The molecule has 4 heterocycles. The van der Waals surface area contributed by atoms with Crippen LogP contribution in [0.1, 0.15) is 16.8 Å². The second-order valence-corrected chi connectivity index (χ2v) is 8.79. The Labute approximate surface area is 199 Å². The number of ether oxygens (including phenoxy) is 1. The third kappa shape index (κ3) is 6.16. The van der Waals surface area contributed by atoms with E-state index in [4.69, 9.17) is 36.4 Å². The summed E-state index contributed by atoms with van der Waals surface area (Å²) in [6.07, 6.45) is 6.88. The van der Waals surface area contributed by atoms with Gasteiger partial charge in [-0.05, 0) is 23.8 Å². The van der Waals surface area contributed by atoms with Crippen LogP contribution in [-0.2, 0) is 28.8 Å². The van der Waals surface area contributed by atoms with Crippen molar-refractivity contribution in [1.29, 1.82) is 0 Å². The first-order valence-electron chi connectivity index (χ1n) is 9.88. The van der Waals surface area contributed by atoms with E-state index in [0.717, 1.165) is 11.1 Å². The lowest BCUT2D eigenvalue weighted by Crippen LogP contribution is -2.38. The molecule has 4 rings (SSSR count). The van der Waals surface area contributed by atoms with Crippen LogP contribution in [0.2, 0.25) is 5.02 Å². The molecule has 0 saturated heterocycles. The van der Waals surface area contributed by atoms with Crippen molar-refractivity contribution < 1.29 is 32.7 Å². The zero-order valence-electron chi connectivity index (χ0n) is 17.6. The highest BCUT2D eigenvalue weighted by Gasteiger charge is 2.20. The van der Waals surface area contributed by atoms with Crippen LogP contribution >= 0.6 is 19.4 Å². The third-order valence-corrected chi connectivity index (χ3v) is 5.51.